The predicted octanol–water partition coefficient (Wildman–Crippen LogP) is 8.48. The second-order valence-corrected chi connectivity index (χ2v) is 29.3. The Hall–Kier alpha value is -6.04. The number of rotatable bonds is 40. The smallest absolute Gasteiger partial charge is 0.241 e. The molecule has 5 aromatic rings. The highest BCUT2D eigenvalue weighted by Crippen LogP contribution is 2.42. The van der Waals surface area contributed by atoms with Gasteiger partial charge in [0.1, 0.15) is 16.6 Å². The van der Waals surface area contributed by atoms with Gasteiger partial charge in [-0.05, 0) is 152 Å². The molecular formula is C71H103ClFN11O12S. The van der Waals surface area contributed by atoms with Gasteiger partial charge in [-0.25, -0.2) is 17.8 Å². The van der Waals surface area contributed by atoms with Crippen molar-refractivity contribution in [2.75, 3.05) is 174 Å². The van der Waals surface area contributed by atoms with Crippen molar-refractivity contribution in [3.63, 3.8) is 0 Å². The molecule has 2 fully saturated rings. The number of pyridine rings is 1. The van der Waals surface area contributed by atoms with Gasteiger partial charge in [-0.3, -0.25) is 29.3 Å². The molecule has 0 saturated carbocycles. The number of aromatic nitrogens is 3. The highest BCUT2D eigenvalue weighted by atomic mass is 35.5. The fraction of sp³-hybridized carbons (Fsp3) is 0.592. The van der Waals surface area contributed by atoms with E-state index >= 15 is 0 Å². The summed E-state index contributed by atoms with van der Waals surface area (Å²) >= 11 is 6.53. The van der Waals surface area contributed by atoms with E-state index in [1.165, 1.54) is 23.9 Å². The molecule has 26 heteroatoms. The topological polar surface area (TPSA) is 242 Å². The van der Waals surface area contributed by atoms with Crippen molar-refractivity contribution in [2.24, 2.45) is 0 Å². The molecule has 23 nitrogen and oxygen atoms in total. The zero-order chi connectivity index (χ0) is 69.5. The van der Waals surface area contributed by atoms with Crippen LogP contribution >= 0.6 is 11.6 Å². The van der Waals surface area contributed by atoms with E-state index in [2.05, 4.69) is 85.8 Å². The number of amides is 2. The summed E-state index contributed by atoms with van der Waals surface area (Å²) in [5.41, 5.74) is 7.60. The first kappa shape index (κ1) is 76.7. The minimum atomic E-state index is -3.59. The number of piperazine rings is 1. The first-order valence-electron chi connectivity index (χ1n) is 34.0. The van der Waals surface area contributed by atoms with Crippen molar-refractivity contribution >= 4 is 62.1 Å². The Bertz CT molecular complexity index is 3420. The lowest BCUT2D eigenvalue weighted by Gasteiger charge is -2.39. The van der Waals surface area contributed by atoms with E-state index in [9.17, 15) is 22.4 Å². The summed E-state index contributed by atoms with van der Waals surface area (Å²) in [7, 11) is 0.148. The number of sulfone groups is 1. The Labute approximate surface area is 578 Å². The number of carbonyl (C=O) groups excluding carboxylic acids is 2. The maximum Gasteiger partial charge on any atom is 0.241 e. The number of hydrogen-bond donors (Lipinski definition) is 4. The molecule has 5 heterocycles. The summed E-state index contributed by atoms with van der Waals surface area (Å²) in [5, 5.41) is 12.5. The van der Waals surface area contributed by atoms with Crippen LogP contribution in [0.15, 0.2) is 77.8 Å². The van der Waals surface area contributed by atoms with Crippen molar-refractivity contribution in [3.8, 4) is 5.75 Å². The van der Waals surface area contributed by atoms with Crippen LogP contribution in [-0.2, 0) is 71.0 Å². The predicted molar refractivity (Wildman–Crippen MR) is 376 cm³/mol. The van der Waals surface area contributed by atoms with Crippen molar-refractivity contribution in [1.29, 1.82) is 0 Å². The number of hydrogen-bond acceptors (Lipinski definition) is 21. The van der Waals surface area contributed by atoms with Crippen LogP contribution in [0.5, 0.6) is 5.75 Å². The van der Waals surface area contributed by atoms with Crippen LogP contribution < -0.4 is 30.9 Å². The average Bonchev–Trinajstić information content (AvgIpc) is 1.63. The second-order valence-electron chi connectivity index (χ2n) is 26.4. The highest BCUT2D eigenvalue weighted by molar-refractivity contribution is 7.92. The van der Waals surface area contributed by atoms with Crippen LogP contribution in [0.1, 0.15) is 101 Å². The molecule has 2 amide bonds. The van der Waals surface area contributed by atoms with Crippen LogP contribution in [-0.4, -0.2) is 232 Å². The van der Waals surface area contributed by atoms with Gasteiger partial charge < -0.3 is 64.1 Å². The van der Waals surface area contributed by atoms with Crippen LogP contribution in [0.4, 0.5) is 33.2 Å². The number of fused-ring (bicyclic) bond motifs is 1. The fourth-order valence-electron chi connectivity index (χ4n) is 12.1. The van der Waals surface area contributed by atoms with Gasteiger partial charge in [0.05, 0.1) is 150 Å². The molecule has 0 bridgehead atoms. The van der Waals surface area contributed by atoms with Crippen LogP contribution in [0.2, 0.25) is 5.02 Å². The molecule has 534 valence electrons. The van der Waals surface area contributed by atoms with Crippen LogP contribution in [0.3, 0.4) is 0 Å². The number of para-hydroxylation sites is 1. The number of nitrogens with one attached hydrogen (secondary N) is 4. The van der Waals surface area contributed by atoms with Gasteiger partial charge in [0.2, 0.25) is 17.8 Å². The first-order valence-corrected chi connectivity index (χ1v) is 35.9. The molecule has 2 atom stereocenters. The van der Waals surface area contributed by atoms with E-state index in [4.69, 9.17) is 54.5 Å². The Morgan fingerprint density at radius 3 is 2.10 bits per heavy atom. The molecule has 4 N–H and O–H groups in total. The summed E-state index contributed by atoms with van der Waals surface area (Å²) in [6.07, 6.45) is 3.67. The van der Waals surface area contributed by atoms with Gasteiger partial charge in [0.25, 0.3) is 0 Å². The molecule has 0 aliphatic carbocycles. The van der Waals surface area contributed by atoms with E-state index in [-0.39, 0.29) is 68.8 Å². The zero-order valence-electron chi connectivity index (χ0n) is 58.4. The third-order valence-electron chi connectivity index (χ3n) is 17.3. The molecular weight excluding hydrogens is 1290 g/mol. The maximum atomic E-state index is 14.2. The van der Waals surface area contributed by atoms with Gasteiger partial charge in [0.15, 0.2) is 15.7 Å². The standard InChI is InChI=1S/C71H103ClFN11O12S/c1-49(2)96-64-40-58(51(5)37-61(64)79-70-76-42-59(72)69(80-70)78-60-13-11-12-14-65(60)97(87,88)50(3)4)54-19-22-82(23-20-54)45-66(85)74-21-25-90-27-29-92-31-33-94-35-36-95-34-32-93-30-28-91-26-24-81(9)44-62-55(38-53-15-17-56(73)18-16-53)39-63-68(77-62)71(7,8)48-84(63)67(86)46-83-43-52(6)75-41-57(83)47-89-10/h11-18,37,39-40,42,49-50,52,54,57,75H,19-36,38,41,43-48H2,1-10H3,(H,74,85)(H2,76,78,79,80)/t52-,57-/m1/s1. The fourth-order valence-corrected chi connectivity index (χ4v) is 13.5. The summed E-state index contributed by atoms with van der Waals surface area (Å²) in [6, 6.07) is 19.9. The number of likely N-dealkylation sites (tertiary alicyclic amines) is 1. The molecule has 2 aromatic heterocycles. The van der Waals surface area contributed by atoms with Crippen molar-refractivity contribution in [2.45, 2.75) is 121 Å². The summed E-state index contributed by atoms with van der Waals surface area (Å²) in [5.74, 6) is 1.15. The lowest BCUT2D eigenvalue weighted by molar-refractivity contribution is -0.123. The summed E-state index contributed by atoms with van der Waals surface area (Å²) in [6.45, 7) is 27.4. The van der Waals surface area contributed by atoms with Gasteiger partial charge >= 0.3 is 0 Å². The van der Waals surface area contributed by atoms with Crippen molar-refractivity contribution in [3.05, 3.63) is 117 Å². The molecule has 8 rings (SSSR count). The summed E-state index contributed by atoms with van der Waals surface area (Å²) in [4.78, 5) is 50.1. The SMILES string of the molecule is COC[C@H]1CN[C@H](C)CN1CC(=O)N1CC(C)(C)c2nc(CN(C)CCOCCOCCOCCOCCOCCOCCNC(=O)CN3CCC(c4cc(OC(C)C)c(Nc5ncc(Cl)c(Nc6ccccc6S(=O)(=O)C(C)C)n5)cc4C)CC3)c(Cc3ccc(F)cc3)cc21. The van der Waals surface area contributed by atoms with Gasteiger partial charge in [-0.1, -0.05) is 49.7 Å². The number of nitrogens with zero attached hydrogens (tertiary/aromatic N) is 7. The number of ether oxygens (including phenoxy) is 8. The van der Waals surface area contributed by atoms with Crippen LogP contribution in [0, 0.1) is 12.7 Å². The zero-order valence-corrected chi connectivity index (χ0v) is 60.0. The molecule has 3 aromatic carbocycles. The largest absolute Gasteiger partial charge is 0.489 e. The number of benzene rings is 3. The second kappa shape index (κ2) is 38.0. The quantitative estimate of drug-likeness (QED) is 0.0269. The normalized spacial score (nSPS) is 17.0. The molecule has 0 unspecified atom stereocenters. The molecule has 2 saturated heterocycles. The Kier molecular flexibility index (Phi) is 30.0. The van der Waals surface area contributed by atoms with Gasteiger partial charge in [0, 0.05) is 63.9 Å². The Balaban J connectivity index is 0.634. The average molecular weight is 1390 g/mol. The number of aryl methyl sites for hydroxylation is 1. The lowest BCUT2D eigenvalue weighted by atomic mass is 9.86. The number of halogens is 2. The van der Waals surface area contributed by atoms with E-state index in [1.54, 1.807) is 57.4 Å². The summed E-state index contributed by atoms with van der Waals surface area (Å²) < 4.78 is 86.4. The third-order valence-corrected chi connectivity index (χ3v) is 19.8. The first-order chi connectivity index (χ1) is 46.6. The van der Waals surface area contributed by atoms with E-state index in [0.717, 1.165) is 72.8 Å². The molecule has 97 heavy (non-hydrogen) atoms. The van der Waals surface area contributed by atoms with Crippen molar-refractivity contribution in [1.82, 2.24) is 40.3 Å². The van der Waals surface area contributed by atoms with E-state index in [1.807, 2.05) is 31.9 Å². The number of likely N-dealkylation sites (N-methyl/N-ethyl adjacent to an activating group) is 1. The number of methoxy groups -OCH3 is 1. The number of carbonyl (C=O) groups is 2. The molecule has 3 aliphatic rings. The molecule has 0 spiro atoms. The lowest BCUT2D eigenvalue weighted by Crippen LogP contribution is -2.59. The number of piperidine rings is 1. The minimum Gasteiger partial charge on any atom is -0.489 e. The Morgan fingerprint density at radius 2 is 1.46 bits per heavy atom. The van der Waals surface area contributed by atoms with E-state index < -0.39 is 15.1 Å². The molecule has 0 radical (unpaired) electrons. The van der Waals surface area contributed by atoms with Crippen LogP contribution in [0.25, 0.3) is 0 Å². The third kappa shape index (κ3) is 23.3. The number of anilines is 5. The minimum absolute atomic E-state index is 0.0405. The van der Waals surface area contributed by atoms with Crippen molar-refractivity contribution < 1.29 is 60.3 Å². The van der Waals surface area contributed by atoms with Gasteiger partial charge in [-0.15, -0.1) is 0 Å². The Morgan fingerprint density at radius 1 is 0.825 bits per heavy atom. The monoisotopic (exact) mass is 1390 g/mol. The van der Waals surface area contributed by atoms with E-state index in [0.29, 0.717) is 149 Å². The molecule has 3 aliphatic heterocycles. The van der Waals surface area contributed by atoms with Gasteiger partial charge in [-0.2, -0.15) is 4.98 Å². The highest BCUT2D eigenvalue weighted by Gasteiger charge is 2.42. The maximum absolute atomic E-state index is 14.2.